The van der Waals surface area contributed by atoms with Crippen molar-refractivity contribution in [3.05, 3.63) is 41.7 Å². The van der Waals surface area contributed by atoms with E-state index in [-0.39, 0.29) is 0 Å². The van der Waals surface area contributed by atoms with Crippen molar-refractivity contribution in [3.63, 3.8) is 0 Å². The number of allylic oxidation sites excluding steroid dienone is 4. The van der Waals surface area contributed by atoms with Gasteiger partial charge in [0.05, 0.1) is 0 Å². The number of carbonyl (C=O) groups is 1. The first-order valence-electron chi connectivity index (χ1n) is 6.63. The molecule has 20 heavy (non-hydrogen) atoms. The fourth-order valence-electron chi connectivity index (χ4n) is 2.00. The summed E-state index contributed by atoms with van der Waals surface area (Å²) in [6.07, 6.45) is 9.83. The minimum Gasteiger partial charge on any atom is -0.480 e. The molecule has 4 heteroatoms. The van der Waals surface area contributed by atoms with Crippen molar-refractivity contribution in [1.29, 1.82) is 0 Å². The molecule has 0 saturated heterocycles. The fourth-order valence-corrected chi connectivity index (χ4v) is 3.06. The summed E-state index contributed by atoms with van der Waals surface area (Å²) >= 11 is 1.37. The quantitative estimate of drug-likeness (QED) is 0.846. The summed E-state index contributed by atoms with van der Waals surface area (Å²) < 4.78 is -0.850. The number of thioether (sulfide) groups is 1. The number of nitrogens with zero attached hydrogens (tertiary/aromatic N) is 1. The van der Waals surface area contributed by atoms with Gasteiger partial charge in [-0.15, -0.1) is 11.8 Å². The number of pyridine rings is 1. The maximum Gasteiger partial charge on any atom is 0.319 e. The highest BCUT2D eigenvalue weighted by atomic mass is 32.2. The molecule has 0 fully saturated rings. The molecule has 106 valence electrons. The van der Waals surface area contributed by atoms with E-state index >= 15 is 0 Å². The van der Waals surface area contributed by atoms with Gasteiger partial charge in [-0.3, -0.25) is 9.78 Å². The third kappa shape index (κ3) is 3.31. The molecule has 0 radical (unpaired) electrons. The van der Waals surface area contributed by atoms with E-state index in [9.17, 15) is 9.90 Å². The van der Waals surface area contributed by atoms with Crippen molar-refractivity contribution in [2.75, 3.05) is 0 Å². The normalized spacial score (nSPS) is 15.6. The number of aliphatic carboxylic acids is 1. The Kier molecular flexibility index (Phi) is 4.33. The van der Waals surface area contributed by atoms with Crippen molar-refractivity contribution < 1.29 is 9.90 Å². The first-order valence-corrected chi connectivity index (χ1v) is 7.45. The van der Waals surface area contributed by atoms with Crippen LogP contribution in [0.5, 0.6) is 0 Å². The molecule has 1 aromatic rings. The highest BCUT2D eigenvalue weighted by Gasteiger charge is 2.29. The van der Waals surface area contributed by atoms with Crippen LogP contribution in [0.3, 0.4) is 0 Å². The van der Waals surface area contributed by atoms with Gasteiger partial charge in [0.15, 0.2) is 0 Å². The molecule has 0 amide bonds. The van der Waals surface area contributed by atoms with Gasteiger partial charge in [-0.2, -0.15) is 0 Å². The van der Waals surface area contributed by atoms with Gasteiger partial charge < -0.3 is 5.11 Å². The lowest BCUT2D eigenvalue weighted by Gasteiger charge is -2.21. The maximum atomic E-state index is 11.3. The molecule has 1 aliphatic rings. The highest BCUT2D eigenvalue weighted by molar-refractivity contribution is 8.01. The van der Waals surface area contributed by atoms with E-state index in [4.69, 9.17) is 0 Å². The molecular weight excluding hydrogens is 270 g/mol. The maximum absolute atomic E-state index is 11.3. The standard InChI is InChI=1S/C16H19NO2S/c1-11-4-6-12(7-5-11)13-10-17-9-8-14(13)20-16(2,3)15(18)19/h4,6,8-10H,5,7H2,1-3H3,(H,18,19). The topological polar surface area (TPSA) is 50.2 Å². The molecule has 2 rings (SSSR count). The van der Waals surface area contributed by atoms with E-state index < -0.39 is 10.7 Å². The van der Waals surface area contributed by atoms with Crippen LogP contribution in [0.2, 0.25) is 0 Å². The second-order valence-electron chi connectivity index (χ2n) is 5.49. The average Bonchev–Trinajstić information content (AvgIpc) is 2.40. The summed E-state index contributed by atoms with van der Waals surface area (Å²) in [4.78, 5) is 16.5. The monoisotopic (exact) mass is 289 g/mol. The molecule has 0 aromatic carbocycles. The Labute approximate surface area is 123 Å². The lowest BCUT2D eigenvalue weighted by Crippen LogP contribution is -2.27. The molecule has 0 bridgehead atoms. The zero-order valence-electron chi connectivity index (χ0n) is 12.0. The molecule has 0 atom stereocenters. The van der Waals surface area contributed by atoms with E-state index in [1.165, 1.54) is 22.9 Å². The molecule has 0 aliphatic heterocycles. The van der Waals surface area contributed by atoms with E-state index in [2.05, 4.69) is 24.1 Å². The summed E-state index contributed by atoms with van der Waals surface area (Å²) in [6, 6.07) is 1.90. The number of hydrogen-bond donors (Lipinski definition) is 1. The van der Waals surface area contributed by atoms with Crippen LogP contribution >= 0.6 is 11.8 Å². The third-order valence-electron chi connectivity index (χ3n) is 3.36. The van der Waals surface area contributed by atoms with Crippen molar-refractivity contribution in [2.45, 2.75) is 43.3 Å². The number of rotatable bonds is 4. The third-order valence-corrected chi connectivity index (χ3v) is 4.63. The van der Waals surface area contributed by atoms with Gasteiger partial charge in [0.25, 0.3) is 0 Å². The molecule has 1 aliphatic carbocycles. The van der Waals surface area contributed by atoms with Gasteiger partial charge in [0.1, 0.15) is 4.75 Å². The van der Waals surface area contributed by atoms with Crippen LogP contribution in [0.1, 0.15) is 39.2 Å². The number of carboxylic acid groups (broad SMARTS) is 1. The first kappa shape index (κ1) is 14.9. The van der Waals surface area contributed by atoms with Crippen LogP contribution in [0, 0.1) is 0 Å². The fraction of sp³-hybridized carbons (Fsp3) is 0.375. The summed E-state index contributed by atoms with van der Waals surface area (Å²) in [6.45, 7) is 5.58. The molecule has 1 heterocycles. The van der Waals surface area contributed by atoms with Gasteiger partial charge in [-0.1, -0.05) is 17.7 Å². The predicted molar refractivity (Wildman–Crippen MR) is 82.8 cm³/mol. The molecule has 0 spiro atoms. The predicted octanol–water partition coefficient (Wildman–Crippen LogP) is 4.16. The van der Waals surface area contributed by atoms with Gasteiger partial charge >= 0.3 is 5.97 Å². The Bertz CT molecular complexity index is 588. The van der Waals surface area contributed by atoms with Gasteiger partial charge in [-0.05, 0) is 45.3 Å². The van der Waals surface area contributed by atoms with Crippen LogP contribution in [0.4, 0.5) is 0 Å². The number of carboxylic acids is 1. The number of hydrogen-bond acceptors (Lipinski definition) is 3. The number of aromatic nitrogens is 1. The Hall–Kier alpha value is -1.55. The smallest absolute Gasteiger partial charge is 0.319 e. The Morgan fingerprint density at radius 3 is 2.70 bits per heavy atom. The second-order valence-corrected chi connectivity index (χ2v) is 7.16. The average molecular weight is 289 g/mol. The summed E-state index contributed by atoms with van der Waals surface area (Å²) in [5, 5.41) is 9.28. The molecule has 3 nitrogen and oxygen atoms in total. The van der Waals surface area contributed by atoms with Crippen molar-refractivity contribution in [2.24, 2.45) is 0 Å². The van der Waals surface area contributed by atoms with Crippen LogP contribution in [0.25, 0.3) is 5.57 Å². The zero-order valence-corrected chi connectivity index (χ0v) is 12.8. The second kappa shape index (κ2) is 5.83. The van der Waals surface area contributed by atoms with E-state index in [0.29, 0.717) is 0 Å². The lowest BCUT2D eigenvalue weighted by molar-refractivity contribution is -0.138. The van der Waals surface area contributed by atoms with E-state index in [0.717, 1.165) is 23.3 Å². The van der Waals surface area contributed by atoms with Gasteiger partial charge in [0.2, 0.25) is 0 Å². The minimum atomic E-state index is -0.850. The molecule has 0 saturated carbocycles. The van der Waals surface area contributed by atoms with Crippen LogP contribution in [0.15, 0.2) is 41.1 Å². The van der Waals surface area contributed by atoms with Crippen molar-refractivity contribution >= 4 is 23.3 Å². The summed E-state index contributed by atoms with van der Waals surface area (Å²) in [5.74, 6) is -0.807. The molecular formula is C16H19NO2S. The van der Waals surface area contributed by atoms with Crippen LogP contribution in [-0.4, -0.2) is 20.8 Å². The van der Waals surface area contributed by atoms with E-state index in [1.807, 2.05) is 12.3 Å². The highest BCUT2D eigenvalue weighted by Crippen LogP contribution is 2.38. The van der Waals surface area contributed by atoms with Crippen LogP contribution < -0.4 is 0 Å². The lowest BCUT2D eigenvalue weighted by atomic mass is 9.95. The zero-order chi connectivity index (χ0) is 14.8. The van der Waals surface area contributed by atoms with E-state index in [1.54, 1.807) is 20.0 Å². The van der Waals surface area contributed by atoms with Gasteiger partial charge in [-0.25, -0.2) is 0 Å². The molecule has 0 unspecified atom stereocenters. The van der Waals surface area contributed by atoms with Crippen molar-refractivity contribution in [3.8, 4) is 0 Å². The Balaban J connectivity index is 2.35. The Morgan fingerprint density at radius 1 is 1.35 bits per heavy atom. The summed E-state index contributed by atoms with van der Waals surface area (Å²) in [5.41, 5.74) is 3.65. The first-order chi connectivity index (χ1) is 9.40. The SMILES string of the molecule is CC1=CC=C(c2cnccc2SC(C)(C)C(=O)O)CC1. The Morgan fingerprint density at radius 2 is 2.10 bits per heavy atom. The molecule has 1 aromatic heterocycles. The minimum absolute atomic E-state index is 0.807. The van der Waals surface area contributed by atoms with Gasteiger partial charge in [0, 0.05) is 22.9 Å². The largest absolute Gasteiger partial charge is 0.480 e. The molecule has 1 N–H and O–H groups in total. The van der Waals surface area contributed by atoms with Crippen LogP contribution in [-0.2, 0) is 4.79 Å². The summed E-state index contributed by atoms with van der Waals surface area (Å²) in [7, 11) is 0. The van der Waals surface area contributed by atoms with Crippen molar-refractivity contribution in [1.82, 2.24) is 4.98 Å².